The summed E-state index contributed by atoms with van der Waals surface area (Å²) in [5.41, 5.74) is 2.00. The number of carbonyl (C=O) groups excluding carboxylic acids is 2. The van der Waals surface area contributed by atoms with Crippen molar-refractivity contribution in [2.75, 3.05) is 5.32 Å². The number of anilines is 1. The lowest BCUT2D eigenvalue weighted by molar-refractivity contribution is -0.123. The van der Waals surface area contributed by atoms with Crippen LogP contribution in [0.15, 0.2) is 48.5 Å². The van der Waals surface area contributed by atoms with Crippen molar-refractivity contribution in [2.45, 2.75) is 32.8 Å². The van der Waals surface area contributed by atoms with Crippen LogP contribution in [0.25, 0.3) is 0 Å². The van der Waals surface area contributed by atoms with Gasteiger partial charge in [-0.25, -0.2) is 9.18 Å². The minimum absolute atomic E-state index is 0.192. The molecule has 0 aromatic heterocycles. The van der Waals surface area contributed by atoms with Crippen molar-refractivity contribution in [1.29, 1.82) is 0 Å². The molecule has 2 aromatic carbocycles. The second-order valence-electron chi connectivity index (χ2n) is 5.82. The lowest BCUT2D eigenvalue weighted by Crippen LogP contribution is -2.30. The molecule has 2 rings (SSSR count). The van der Waals surface area contributed by atoms with Crippen molar-refractivity contribution in [1.82, 2.24) is 0 Å². The zero-order valence-electron chi connectivity index (χ0n) is 13.9. The minimum Gasteiger partial charge on any atom is -0.449 e. The van der Waals surface area contributed by atoms with E-state index in [4.69, 9.17) is 4.74 Å². The van der Waals surface area contributed by atoms with Crippen molar-refractivity contribution in [3.63, 3.8) is 0 Å². The second-order valence-corrected chi connectivity index (χ2v) is 5.82. The van der Waals surface area contributed by atoms with Gasteiger partial charge in [0, 0.05) is 5.69 Å². The van der Waals surface area contributed by atoms with E-state index >= 15 is 0 Å². The maximum atomic E-state index is 12.8. The molecule has 0 spiro atoms. The topological polar surface area (TPSA) is 55.4 Å². The molecule has 0 bridgehead atoms. The van der Waals surface area contributed by atoms with Gasteiger partial charge in [0.25, 0.3) is 5.91 Å². The lowest BCUT2D eigenvalue weighted by atomic mass is 10.0. The highest BCUT2D eigenvalue weighted by atomic mass is 19.1. The Labute approximate surface area is 140 Å². The van der Waals surface area contributed by atoms with Crippen LogP contribution in [-0.4, -0.2) is 18.0 Å². The van der Waals surface area contributed by atoms with Crippen molar-refractivity contribution in [3.05, 3.63) is 65.5 Å². The first-order valence-corrected chi connectivity index (χ1v) is 7.74. The zero-order chi connectivity index (χ0) is 17.7. The highest BCUT2D eigenvalue weighted by Gasteiger charge is 2.19. The molecule has 1 N–H and O–H groups in total. The molecule has 0 aliphatic carbocycles. The molecule has 4 nitrogen and oxygen atoms in total. The Kier molecular flexibility index (Phi) is 5.68. The smallest absolute Gasteiger partial charge is 0.338 e. The summed E-state index contributed by atoms with van der Waals surface area (Å²) < 4.78 is 17.9. The first kappa shape index (κ1) is 17.7. The standard InChI is InChI=1S/C19H20FNO3/c1-12(2)14-6-10-17(11-7-14)21-18(22)13(3)24-19(23)15-4-8-16(20)9-5-15/h4-13H,1-3H3,(H,21,22)/t13-/m0/s1. The Balaban J connectivity index is 1.94. The summed E-state index contributed by atoms with van der Waals surface area (Å²) in [6.07, 6.45) is -0.965. The molecule has 0 saturated carbocycles. The van der Waals surface area contributed by atoms with Crippen LogP contribution in [0.1, 0.15) is 42.6 Å². The molecule has 1 amide bonds. The van der Waals surface area contributed by atoms with Gasteiger partial charge in [-0.2, -0.15) is 0 Å². The average molecular weight is 329 g/mol. The third-order valence-electron chi connectivity index (χ3n) is 3.58. The van der Waals surface area contributed by atoms with Crippen LogP contribution in [0, 0.1) is 5.82 Å². The van der Waals surface area contributed by atoms with Crippen LogP contribution in [-0.2, 0) is 9.53 Å². The van der Waals surface area contributed by atoms with E-state index in [9.17, 15) is 14.0 Å². The molecule has 0 unspecified atom stereocenters. The molecule has 5 heteroatoms. The number of carbonyl (C=O) groups is 2. The van der Waals surface area contributed by atoms with E-state index in [1.54, 1.807) is 0 Å². The number of hydrogen-bond donors (Lipinski definition) is 1. The van der Waals surface area contributed by atoms with Crippen LogP contribution >= 0.6 is 0 Å². The largest absolute Gasteiger partial charge is 0.449 e. The monoisotopic (exact) mass is 329 g/mol. The first-order valence-electron chi connectivity index (χ1n) is 7.74. The fourth-order valence-electron chi connectivity index (χ4n) is 2.06. The molecule has 1 atom stereocenters. The van der Waals surface area contributed by atoms with Gasteiger partial charge in [0.2, 0.25) is 0 Å². The summed E-state index contributed by atoms with van der Waals surface area (Å²) in [4.78, 5) is 24.0. The number of halogens is 1. The summed E-state index contributed by atoms with van der Waals surface area (Å²) in [7, 11) is 0. The van der Waals surface area contributed by atoms with E-state index in [1.165, 1.54) is 24.6 Å². The molecule has 0 saturated heterocycles. The average Bonchev–Trinajstić information content (AvgIpc) is 2.55. The summed E-state index contributed by atoms with van der Waals surface area (Å²) in [5.74, 6) is -1.14. The van der Waals surface area contributed by atoms with E-state index < -0.39 is 23.8 Å². The van der Waals surface area contributed by atoms with Crippen molar-refractivity contribution in [2.24, 2.45) is 0 Å². The molecule has 0 radical (unpaired) electrons. The number of hydrogen-bond acceptors (Lipinski definition) is 3. The fraction of sp³-hybridized carbons (Fsp3) is 0.263. The van der Waals surface area contributed by atoms with Crippen molar-refractivity contribution < 1.29 is 18.7 Å². The van der Waals surface area contributed by atoms with Gasteiger partial charge >= 0.3 is 5.97 Å². The summed E-state index contributed by atoms with van der Waals surface area (Å²) in [5, 5.41) is 2.70. The van der Waals surface area contributed by atoms with Gasteiger partial charge in [-0.1, -0.05) is 26.0 Å². The number of ether oxygens (including phenoxy) is 1. The first-order chi connectivity index (χ1) is 11.4. The van der Waals surface area contributed by atoms with E-state index in [2.05, 4.69) is 19.2 Å². The number of rotatable bonds is 5. The Hall–Kier alpha value is -2.69. The summed E-state index contributed by atoms with van der Waals surface area (Å²) in [6, 6.07) is 12.4. The molecule has 126 valence electrons. The SMILES string of the molecule is CC(C)c1ccc(NC(=O)[C@H](C)OC(=O)c2ccc(F)cc2)cc1. The second kappa shape index (κ2) is 7.73. The van der Waals surface area contributed by atoms with Gasteiger partial charge in [0.15, 0.2) is 6.10 Å². The molecular formula is C19H20FNO3. The minimum atomic E-state index is -0.965. The molecule has 0 aliphatic heterocycles. The van der Waals surface area contributed by atoms with Gasteiger partial charge in [0.1, 0.15) is 5.82 Å². The van der Waals surface area contributed by atoms with Gasteiger partial charge in [0.05, 0.1) is 5.56 Å². The van der Waals surface area contributed by atoms with Gasteiger partial charge < -0.3 is 10.1 Å². The van der Waals surface area contributed by atoms with E-state index in [1.807, 2.05) is 24.3 Å². The summed E-state index contributed by atoms with van der Waals surface area (Å²) >= 11 is 0. The van der Waals surface area contributed by atoms with Crippen molar-refractivity contribution in [3.8, 4) is 0 Å². The van der Waals surface area contributed by atoms with Crippen LogP contribution in [0.5, 0.6) is 0 Å². The quantitative estimate of drug-likeness (QED) is 0.839. The highest BCUT2D eigenvalue weighted by Crippen LogP contribution is 2.17. The Morgan fingerprint density at radius 1 is 0.958 bits per heavy atom. The maximum Gasteiger partial charge on any atom is 0.338 e. The number of benzene rings is 2. The Morgan fingerprint density at radius 2 is 1.54 bits per heavy atom. The Bertz CT molecular complexity index is 708. The molecular weight excluding hydrogens is 309 g/mol. The number of amides is 1. The van der Waals surface area contributed by atoms with E-state index in [-0.39, 0.29) is 5.56 Å². The molecule has 0 heterocycles. The predicted octanol–water partition coefficient (Wildman–Crippen LogP) is 4.13. The predicted molar refractivity (Wildman–Crippen MR) is 90.4 cm³/mol. The zero-order valence-corrected chi connectivity index (χ0v) is 13.9. The third-order valence-corrected chi connectivity index (χ3v) is 3.58. The van der Waals surface area contributed by atoms with Crippen LogP contribution < -0.4 is 5.32 Å². The van der Waals surface area contributed by atoms with Gasteiger partial charge in [-0.3, -0.25) is 4.79 Å². The third kappa shape index (κ3) is 4.65. The maximum absolute atomic E-state index is 12.8. The van der Waals surface area contributed by atoms with Gasteiger partial charge in [-0.15, -0.1) is 0 Å². The molecule has 0 aliphatic rings. The highest BCUT2D eigenvalue weighted by molar-refractivity contribution is 5.97. The number of nitrogens with one attached hydrogen (secondary N) is 1. The van der Waals surface area contributed by atoms with Crippen LogP contribution in [0.4, 0.5) is 10.1 Å². The van der Waals surface area contributed by atoms with Gasteiger partial charge in [-0.05, 0) is 54.8 Å². The van der Waals surface area contributed by atoms with E-state index in [0.29, 0.717) is 11.6 Å². The fourth-order valence-corrected chi connectivity index (χ4v) is 2.06. The molecule has 24 heavy (non-hydrogen) atoms. The Morgan fingerprint density at radius 3 is 2.08 bits per heavy atom. The van der Waals surface area contributed by atoms with Crippen LogP contribution in [0.3, 0.4) is 0 Å². The molecule has 2 aromatic rings. The normalized spacial score (nSPS) is 11.9. The molecule has 0 fully saturated rings. The van der Waals surface area contributed by atoms with Crippen LogP contribution in [0.2, 0.25) is 0 Å². The van der Waals surface area contributed by atoms with Crippen molar-refractivity contribution >= 4 is 17.6 Å². The summed E-state index contributed by atoms with van der Waals surface area (Å²) in [6.45, 7) is 5.66. The number of esters is 1. The van der Waals surface area contributed by atoms with E-state index in [0.717, 1.165) is 12.1 Å². The lowest BCUT2D eigenvalue weighted by Gasteiger charge is -2.14.